The maximum atomic E-state index is 14.5. The Kier molecular flexibility index (Phi) is 6.40. The molecule has 0 radical (unpaired) electrons. The average Bonchev–Trinajstić information content (AvgIpc) is 3.52. The predicted molar refractivity (Wildman–Crippen MR) is 146 cm³/mol. The lowest BCUT2D eigenvalue weighted by Crippen LogP contribution is -2.38. The van der Waals surface area contributed by atoms with E-state index >= 15 is 0 Å². The van der Waals surface area contributed by atoms with Gasteiger partial charge < -0.3 is 14.8 Å². The van der Waals surface area contributed by atoms with Crippen molar-refractivity contribution in [3.63, 3.8) is 0 Å². The minimum atomic E-state index is -0.632. The minimum Gasteiger partial charge on any atom is -0.308 e. The Bertz CT molecular complexity index is 1680. The molecular weight excluding hydrogens is 520 g/mol. The number of nitrogens with zero attached hydrogens (tertiary/aromatic N) is 4. The molecule has 0 saturated carbocycles. The van der Waals surface area contributed by atoms with Crippen molar-refractivity contribution in [3.05, 3.63) is 130 Å². The van der Waals surface area contributed by atoms with Crippen molar-refractivity contribution in [1.29, 1.82) is 0 Å². The van der Waals surface area contributed by atoms with Crippen molar-refractivity contribution in [1.82, 2.24) is 19.2 Å². The fraction of sp³-hybridized carbons (Fsp3) is 0.133. The van der Waals surface area contributed by atoms with Gasteiger partial charge in [-0.15, -0.1) is 0 Å². The van der Waals surface area contributed by atoms with E-state index in [1.807, 2.05) is 64.8 Å². The zero-order valence-electron chi connectivity index (χ0n) is 21.0. The van der Waals surface area contributed by atoms with Crippen molar-refractivity contribution in [2.45, 2.75) is 25.9 Å². The van der Waals surface area contributed by atoms with Crippen LogP contribution in [-0.2, 0) is 13.0 Å². The van der Waals surface area contributed by atoms with E-state index in [1.165, 1.54) is 30.3 Å². The fourth-order valence-corrected chi connectivity index (χ4v) is 5.33. The Morgan fingerprint density at radius 1 is 1.03 bits per heavy atom. The average molecular weight is 544 g/mol. The van der Waals surface area contributed by atoms with Crippen molar-refractivity contribution >= 4 is 23.3 Å². The maximum absolute atomic E-state index is 14.5. The van der Waals surface area contributed by atoms with Crippen LogP contribution in [0.4, 0.5) is 19.3 Å². The number of nitrogens with one attached hydrogen (secondary N) is 1. The molecule has 0 bridgehead atoms. The van der Waals surface area contributed by atoms with Crippen molar-refractivity contribution < 1.29 is 13.6 Å². The maximum Gasteiger partial charge on any atom is 0.322 e. The first-order valence-electron chi connectivity index (χ1n) is 12.6. The van der Waals surface area contributed by atoms with Gasteiger partial charge >= 0.3 is 6.03 Å². The Labute approximate surface area is 229 Å². The minimum absolute atomic E-state index is 0.0982. The van der Waals surface area contributed by atoms with Crippen LogP contribution in [0.15, 0.2) is 91.1 Å². The first kappa shape index (κ1) is 24.9. The lowest BCUT2D eigenvalue weighted by molar-refractivity contribution is 0.194. The van der Waals surface area contributed by atoms with E-state index < -0.39 is 23.7 Å². The van der Waals surface area contributed by atoms with E-state index in [2.05, 4.69) is 5.32 Å². The second-order valence-electron chi connectivity index (χ2n) is 9.30. The van der Waals surface area contributed by atoms with Crippen LogP contribution in [0, 0.1) is 11.6 Å². The van der Waals surface area contributed by atoms with Crippen molar-refractivity contribution in [3.8, 4) is 11.5 Å². The van der Waals surface area contributed by atoms with Crippen LogP contribution in [0.3, 0.4) is 0 Å². The number of aromatic nitrogens is 3. The molecular formula is C30H24ClF2N5O. The molecule has 196 valence electrons. The first-order chi connectivity index (χ1) is 18.9. The zero-order valence-corrected chi connectivity index (χ0v) is 21.7. The summed E-state index contributed by atoms with van der Waals surface area (Å²) >= 11 is 5.97. The summed E-state index contributed by atoms with van der Waals surface area (Å²) in [6.07, 6.45) is 2.58. The highest BCUT2D eigenvalue weighted by Gasteiger charge is 2.36. The number of aryl methyl sites for hydroxylation is 1. The van der Waals surface area contributed by atoms with Gasteiger partial charge in [0.25, 0.3) is 0 Å². The smallest absolute Gasteiger partial charge is 0.308 e. The SMILES string of the molecule is CCc1nn(-c2ccccc2)c2c1CN(C(=O)Nc1ccc(F)c(Cl)c1)[C@@H](c1cccc(F)c1)c1cccn1-2. The summed E-state index contributed by atoms with van der Waals surface area (Å²) in [7, 11) is 0. The van der Waals surface area contributed by atoms with Crippen LogP contribution in [0.5, 0.6) is 0 Å². The summed E-state index contributed by atoms with van der Waals surface area (Å²) in [6, 6.07) is 22.8. The number of halogens is 3. The largest absolute Gasteiger partial charge is 0.322 e. The van der Waals surface area contributed by atoms with Gasteiger partial charge in [0.15, 0.2) is 0 Å². The lowest BCUT2D eigenvalue weighted by Gasteiger charge is -2.31. The number of para-hydroxylation sites is 1. The molecule has 1 atom stereocenters. The number of hydrogen-bond acceptors (Lipinski definition) is 2. The first-order valence-corrected chi connectivity index (χ1v) is 12.9. The monoisotopic (exact) mass is 543 g/mol. The molecule has 0 aliphatic carbocycles. The van der Waals surface area contributed by atoms with Crippen molar-refractivity contribution in [2.24, 2.45) is 0 Å². The van der Waals surface area contributed by atoms with Crippen LogP contribution in [0.25, 0.3) is 11.5 Å². The Morgan fingerprint density at radius 2 is 1.85 bits per heavy atom. The van der Waals surface area contributed by atoms with Gasteiger partial charge in [-0.25, -0.2) is 18.3 Å². The van der Waals surface area contributed by atoms with Gasteiger partial charge in [0.05, 0.1) is 34.7 Å². The molecule has 0 unspecified atom stereocenters. The van der Waals surface area contributed by atoms with E-state index in [-0.39, 0.29) is 11.6 Å². The Morgan fingerprint density at radius 3 is 2.59 bits per heavy atom. The number of anilines is 1. The zero-order chi connectivity index (χ0) is 27.1. The van der Waals surface area contributed by atoms with Gasteiger partial charge in [-0.3, -0.25) is 0 Å². The van der Waals surface area contributed by atoms with E-state index in [9.17, 15) is 13.6 Å². The summed E-state index contributed by atoms with van der Waals surface area (Å²) in [5.74, 6) is -0.159. The third kappa shape index (κ3) is 4.46. The lowest BCUT2D eigenvalue weighted by atomic mass is 10.0. The summed E-state index contributed by atoms with van der Waals surface area (Å²) in [4.78, 5) is 15.6. The molecule has 5 aromatic rings. The van der Waals surface area contributed by atoms with E-state index in [0.29, 0.717) is 17.7 Å². The molecule has 0 spiro atoms. The molecule has 9 heteroatoms. The molecule has 6 rings (SSSR count). The molecule has 3 aromatic carbocycles. The highest BCUT2D eigenvalue weighted by molar-refractivity contribution is 6.31. The number of carbonyl (C=O) groups excluding carboxylic acids is 1. The second kappa shape index (κ2) is 10.0. The number of hydrogen-bond donors (Lipinski definition) is 1. The molecule has 2 aromatic heterocycles. The third-order valence-electron chi connectivity index (χ3n) is 6.90. The number of rotatable bonds is 4. The molecule has 1 aliphatic heterocycles. The van der Waals surface area contributed by atoms with Gasteiger partial charge in [0, 0.05) is 17.4 Å². The van der Waals surface area contributed by atoms with Gasteiger partial charge in [-0.2, -0.15) is 5.10 Å². The number of amides is 2. The van der Waals surface area contributed by atoms with Crippen LogP contribution in [-0.4, -0.2) is 25.3 Å². The number of carbonyl (C=O) groups is 1. The summed E-state index contributed by atoms with van der Waals surface area (Å²) in [6.45, 7) is 2.23. The van der Waals surface area contributed by atoms with Crippen LogP contribution >= 0.6 is 11.6 Å². The van der Waals surface area contributed by atoms with Crippen LogP contribution in [0.2, 0.25) is 5.02 Å². The summed E-state index contributed by atoms with van der Waals surface area (Å²) < 4.78 is 32.2. The Balaban J connectivity index is 1.55. The van der Waals surface area contributed by atoms with Gasteiger partial charge in [0.1, 0.15) is 17.5 Å². The predicted octanol–water partition coefficient (Wildman–Crippen LogP) is 7.29. The number of urea groups is 1. The molecule has 1 aliphatic rings. The Hall–Kier alpha value is -4.43. The standard InChI is InChI=1S/C30H24ClF2N5O/c1-2-26-23-18-37(30(39)34-21-13-14-25(33)24(31)17-21)28(19-8-6-9-20(32)16-19)27-12-7-15-36(27)29(23)38(35-26)22-10-4-3-5-11-22/h3-17,28H,2,18H2,1H3,(H,34,39)/t28-/m0/s1. The fourth-order valence-electron chi connectivity index (χ4n) is 5.14. The second-order valence-corrected chi connectivity index (χ2v) is 9.70. The number of benzene rings is 3. The van der Waals surface area contributed by atoms with E-state index in [1.54, 1.807) is 17.0 Å². The van der Waals surface area contributed by atoms with E-state index in [0.717, 1.165) is 28.5 Å². The van der Waals surface area contributed by atoms with Gasteiger partial charge in [-0.05, 0) is 66.6 Å². The highest BCUT2D eigenvalue weighted by Crippen LogP contribution is 2.39. The molecule has 1 N–H and O–H groups in total. The van der Waals surface area contributed by atoms with E-state index in [4.69, 9.17) is 16.7 Å². The quantitative estimate of drug-likeness (QED) is 0.259. The van der Waals surface area contributed by atoms with Crippen molar-refractivity contribution in [2.75, 3.05) is 5.32 Å². The summed E-state index contributed by atoms with van der Waals surface area (Å²) in [5, 5.41) is 7.69. The third-order valence-corrected chi connectivity index (χ3v) is 7.19. The normalized spacial score (nSPS) is 14.5. The summed E-state index contributed by atoms with van der Waals surface area (Å²) in [5.41, 5.74) is 4.34. The van der Waals surface area contributed by atoms with Crippen LogP contribution < -0.4 is 5.32 Å². The van der Waals surface area contributed by atoms with Crippen LogP contribution in [0.1, 0.15) is 35.5 Å². The molecule has 0 saturated heterocycles. The topological polar surface area (TPSA) is 55.1 Å². The molecule has 39 heavy (non-hydrogen) atoms. The molecule has 3 heterocycles. The van der Waals surface area contributed by atoms with Gasteiger partial charge in [-0.1, -0.05) is 48.9 Å². The van der Waals surface area contributed by atoms with Gasteiger partial charge in [0.2, 0.25) is 0 Å². The molecule has 0 fully saturated rings. The number of fused-ring (bicyclic) bond motifs is 3. The molecule has 2 amide bonds. The highest BCUT2D eigenvalue weighted by atomic mass is 35.5. The molecule has 6 nitrogen and oxygen atoms in total.